The van der Waals surface area contributed by atoms with E-state index in [9.17, 15) is 8.78 Å². The summed E-state index contributed by atoms with van der Waals surface area (Å²) in [6.45, 7) is -0.842. The lowest BCUT2D eigenvalue weighted by Crippen LogP contribution is -2.01. The molecule has 0 fully saturated rings. The molecule has 0 saturated carbocycles. The van der Waals surface area contributed by atoms with Crippen LogP contribution in [0.4, 0.5) is 8.78 Å². The molecule has 0 saturated heterocycles. The summed E-state index contributed by atoms with van der Waals surface area (Å²) in [6.07, 6.45) is 0. The first-order chi connectivity index (χ1) is 7.59. The van der Waals surface area contributed by atoms with E-state index in [1.165, 1.54) is 4.68 Å². The Kier molecular flexibility index (Phi) is 2.78. The fourth-order valence-corrected chi connectivity index (χ4v) is 1.49. The van der Waals surface area contributed by atoms with E-state index in [1.807, 2.05) is 19.1 Å². The summed E-state index contributed by atoms with van der Waals surface area (Å²) in [7, 11) is 0. The molecule has 1 aromatic heterocycles. The van der Waals surface area contributed by atoms with Gasteiger partial charge in [-0.2, -0.15) is 18.1 Å². The lowest BCUT2D eigenvalue weighted by atomic mass is 10.2. The van der Waals surface area contributed by atoms with Crippen molar-refractivity contribution in [3.8, 4) is 5.69 Å². The third-order valence-corrected chi connectivity index (χ3v) is 2.43. The molecule has 16 heavy (non-hydrogen) atoms. The fourth-order valence-electron chi connectivity index (χ4n) is 1.23. The van der Waals surface area contributed by atoms with Gasteiger partial charge >= 0.3 is 6.55 Å². The summed E-state index contributed by atoms with van der Waals surface area (Å²) in [5.41, 5.74) is 1.68. The summed E-state index contributed by atoms with van der Waals surface area (Å²) in [6, 6.07) is 7.18. The number of tetrazole rings is 1. The molecule has 2 aromatic rings. The van der Waals surface area contributed by atoms with Crippen LogP contribution in [0, 0.1) is 11.7 Å². The molecule has 7 heteroatoms. The van der Waals surface area contributed by atoms with Crippen molar-refractivity contribution in [2.45, 2.75) is 13.5 Å². The van der Waals surface area contributed by atoms with Gasteiger partial charge in [0, 0.05) is 0 Å². The number of aryl methyl sites for hydroxylation is 1. The van der Waals surface area contributed by atoms with Gasteiger partial charge in [-0.3, -0.25) is 0 Å². The number of aromatic nitrogens is 4. The van der Waals surface area contributed by atoms with Crippen LogP contribution in [0.5, 0.6) is 0 Å². The standard InChI is InChI=1S/C9H8F2N4S/c1-6-2-4-7(5-3-6)14-9(16)15(8(10)11)13-12-14/h2-5,8H,1H3. The minimum absolute atomic E-state index is 0.126. The Hall–Kier alpha value is -1.63. The number of rotatable bonds is 2. The highest BCUT2D eigenvalue weighted by Crippen LogP contribution is 2.12. The summed E-state index contributed by atoms with van der Waals surface area (Å²) in [5, 5.41) is 6.87. The van der Waals surface area contributed by atoms with Gasteiger partial charge in [0.2, 0.25) is 4.77 Å². The first kappa shape index (κ1) is 10.9. The van der Waals surface area contributed by atoms with E-state index in [2.05, 4.69) is 10.4 Å². The average Bonchev–Trinajstić information content (AvgIpc) is 2.61. The first-order valence-electron chi connectivity index (χ1n) is 4.49. The van der Waals surface area contributed by atoms with Gasteiger partial charge in [-0.1, -0.05) is 17.7 Å². The Morgan fingerprint density at radius 1 is 1.19 bits per heavy atom. The molecule has 1 aromatic carbocycles. The molecule has 0 aliphatic heterocycles. The van der Waals surface area contributed by atoms with Crippen LogP contribution in [0.3, 0.4) is 0 Å². The zero-order chi connectivity index (χ0) is 11.7. The van der Waals surface area contributed by atoms with E-state index in [0.717, 1.165) is 5.56 Å². The van der Waals surface area contributed by atoms with Crippen LogP contribution in [0.25, 0.3) is 5.69 Å². The maximum atomic E-state index is 12.4. The lowest BCUT2D eigenvalue weighted by molar-refractivity contribution is 0.0529. The number of hydrogen-bond donors (Lipinski definition) is 0. The molecule has 0 atom stereocenters. The van der Waals surface area contributed by atoms with Crippen molar-refractivity contribution in [1.82, 2.24) is 19.8 Å². The Balaban J connectivity index is 2.49. The third kappa shape index (κ3) is 1.85. The molecule has 0 aliphatic rings. The van der Waals surface area contributed by atoms with Crippen molar-refractivity contribution in [2.75, 3.05) is 0 Å². The Morgan fingerprint density at radius 2 is 1.81 bits per heavy atom. The minimum Gasteiger partial charge on any atom is -0.185 e. The van der Waals surface area contributed by atoms with Crippen molar-refractivity contribution < 1.29 is 8.78 Å². The molecule has 0 N–H and O–H groups in total. The van der Waals surface area contributed by atoms with Gasteiger partial charge < -0.3 is 0 Å². The number of hydrogen-bond acceptors (Lipinski definition) is 3. The normalized spacial score (nSPS) is 11.0. The van der Waals surface area contributed by atoms with Crippen LogP contribution >= 0.6 is 12.2 Å². The van der Waals surface area contributed by atoms with Crippen LogP contribution in [-0.2, 0) is 0 Å². The Bertz CT molecular complexity index is 543. The number of benzene rings is 1. The number of nitrogens with zero attached hydrogens (tertiary/aromatic N) is 4. The monoisotopic (exact) mass is 242 g/mol. The van der Waals surface area contributed by atoms with Crippen LogP contribution in [0.2, 0.25) is 0 Å². The average molecular weight is 242 g/mol. The van der Waals surface area contributed by atoms with Crippen molar-refractivity contribution >= 4 is 12.2 Å². The number of alkyl halides is 2. The molecule has 0 aliphatic carbocycles. The zero-order valence-corrected chi connectivity index (χ0v) is 9.16. The smallest absolute Gasteiger partial charge is 0.185 e. The molecule has 84 valence electrons. The van der Waals surface area contributed by atoms with Gasteiger partial charge in [-0.15, -0.1) is 0 Å². The molecular formula is C9H8F2N4S. The molecule has 2 rings (SSSR count). The van der Waals surface area contributed by atoms with E-state index in [0.29, 0.717) is 10.4 Å². The van der Waals surface area contributed by atoms with E-state index in [4.69, 9.17) is 12.2 Å². The second-order valence-electron chi connectivity index (χ2n) is 3.23. The van der Waals surface area contributed by atoms with Gasteiger partial charge in [0.15, 0.2) is 0 Å². The van der Waals surface area contributed by atoms with Gasteiger partial charge in [0.1, 0.15) is 0 Å². The molecular weight excluding hydrogens is 234 g/mol. The van der Waals surface area contributed by atoms with Gasteiger partial charge in [0.05, 0.1) is 5.69 Å². The molecule has 0 spiro atoms. The van der Waals surface area contributed by atoms with Crippen LogP contribution in [-0.4, -0.2) is 19.8 Å². The summed E-state index contributed by atoms with van der Waals surface area (Å²) in [4.78, 5) is 0. The molecule has 4 nitrogen and oxygen atoms in total. The fraction of sp³-hybridized carbons (Fsp3) is 0.222. The largest absolute Gasteiger partial charge is 0.337 e. The van der Waals surface area contributed by atoms with Gasteiger partial charge in [0.25, 0.3) is 0 Å². The highest BCUT2D eigenvalue weighted by atomic mass is 32.1. The lowest BCUT2D eigenvalue weighted by Gasteiger charge is -2.00. The van der Waals surface area contributed by atoms with E-state index >= 15 is 0 Å². The second kappa shape index (κ2) is 4.09. The van der Waals surface area contributed by atoms with Gasteiger partial charge in [-0.25, -0.2) is 0 Å². The molecule has 1 heterocycles. The predicted octanol–water partition coefficient (Wildman–Crippen LogP) is 2.50. The first-order valence-corrected chi connectivity index (χ1v) is 4.90. The summed E-state index contributed by atoms with van der Waals surface area (Å²) < 4.78 is 26.3. The summed E-state index contributed by atoms with van der Waals surface area (Å²) in [5.74, 6) is 0. The van der Waals surface area contributed by atoms with Crippen molar-refractivity contribution in [3.05, 3.63) is 34.6 Å². The van der Waals surface area contributed by atoms with Crippen molar-refractivity contribution in [1.29, 1.82) is 0 Å². The SMILES string of the molecule is Cc1ccc(-n2nnn(C(F)F)c2=S)cc1. The highest BCUT2D eigenvalue weighted by molar-refractivity contribution is 7.71. The van der Waals surface area contributed by atoms with Crippen LogP contribution < -0.4 is 0 Å². The van der Waals surface area contributed by atoms with E-state index < -0.39 is 6.55 Å². The zero-order valence-electron chi connectivity index (χ0n) is 8.34. The molecule has 0 bridgehead atoms. The maximum Gasteiger partial charge on any atom is 0.337 e. The van der Waals surface area contributed by atoms with Gasteiger partial charge in [-0.05, 0) is 41.7 Å². The minimum atomic E-state index is -2.77. The Morgan fingerprint density at radius 3 is 2.31 bits per heavy atom. The quantitative estimate of drug-likeness (QED) is 0.759. The number of halogens is 2. The molecule has 0 amide bonds. The van der Waals surface area contributed by atoms with Crippen LogP contribution in [0.15, 0.2) is 24.3 Å². The van der Waals surface area contributed by atoms with E-state index in [1.54, 1.807) is 12.1 Å². The maximum absolute atomic E-state index is 12.4. The third-order valence-electron chi connectivity index (χ3n) is 2.07. The molecule has 0 unspecified atom stereocenters. The predicted molar refractivity (Wildman–Crippen MR) is 56.2 cm³/mol. The van der Waals surface area contributed by atoms with E-state index in [-0.39, 0.29) is 4.77 Å². The second-order valence-corrected chi connectivity index (χ2v) is 3.60. The summed E-state index contributed by atoms with van der Waals surface area (Å²) >= 11 is 4.84. The molecule has 0 radical (unpaired) electrons. The highest BCUT2D eigenvalue weighted by Gasteiger charge is 2.12. The Labute approximate surface area is 95.1 Å². The van der Waals surface area contributed by atoms with Crippen LogP contribution in [0.1, 0.15) is 12.1 Å². The topological polar surface area (TPSA) is 35.6 Å². The van der Waals surface area contributed by atoms with Crippen molar-refractivity contribution in [3.63, 3.8) is 0 Å². The van der Waals surface area contributed by atoms with Crippen molar-refractivity contribution in [2.24, 2.45) is 0 Å².